The highest BCUT2D eigenvalue weighted by Gasteiger charge is 2.17. The third-order valence-corrected chi connectivity index (χ3v) is 5.61. The molecule has 1 aromatic heterocycles. The summed E-state index contributed by atoms with van der Waals surface area (Å²) in [6, 6.07) is 14.8. The molecule has 0 fully saturated rings. The number of benzene rings is 3. The third-order valence-electron chi connectivity index (χ3n) is 5.11. The fourth-order valence-electron chi connectivity index (χ4n) is 3.28. The van der Waals surface area contributed by atoms with Gasteiger partial charge in [0, 0.05) is 17.1 Å². The molecular weight excluding hydrogens is 435 g/mol. The lowest BCUT2D eigenvalue weighted by atomic mass is 10.1. The van der Waals surface area contributed by atoms with Crippen LogP contribution in [0.2, 0.25) is 10.0 Å². The third kappa shape index (κ3) is 4.38. The van der Waals surface area contributed by atoms with Crippen molar-refractivity contribution in [1.82, 2.24) is 10.3 Å². The number of carbonyl (C=O) groups is 1. The molecule has 5 nitrogen and oxygen atoms in total. The number of methoxy groups -OCH3 is 1. The van der Waals surface area contributed by atoms with Gasteiger partial charge in [0.05, 0.1) is 17.7 Å². The van der Waals surface area contributed by atoms with Gasteiger partial charge in [0.1, 0.15) is 11.3 Å². The lowest BCUT2D eigenvalue weighted by molar-refractivity contribution is 0.0948. The number of nitrogens with one attached hydrogen (secondary N) is 1. The van der Waals surface area contributed by atoms with E-state index in [1.807, 2.05) is 43.3 Å². The van der Waals surface area contributed by atoms with E-state index in [1.165, 1.54) is 30.4 Å². The Balaban J connectivity index is 1.49. The lowest BCUT2D eigenvalue weighted by Gasteiger charge is -2.11. The van der Waals surface area contributed by atoms with Crippen molar-refractivity contribution in [3.8, 4) is 17.2 Å². The number of halogens is 2. The molecule has 0 aliphatic rings. The van der Waals surface area contributed by atoms with Gasteiger partial charge in [-0.25, -0.2) is 4.98 Å². The number of ether oxygens (including phenoxy) is 1. The van der Waals surface area contributed by atoms with Crippen LogP contribution in [0.15, 0.2) is 52.9 Å². The maximum atomic E-state index is 12.6. The quantitative estimate of drug-likeness (QED) is 0.381. The summed E-state index contributed by atoms with van der Waals surface area (Å²) in [5.41, 5.74) is 6.02. The first kappa shape index (κ1) is 21.2. The molecule has 0 aliphatic carbocycles. The van der Waals surface area contributed by atoms with Crippen molar-refractivity contribution in [2.75, 3.05) is 7.11 Å². The molecule has 0 aliphatic heterocycles. The number of amides is 1. The van der Waals surface area contributed by atoms with Crippen molar-refractivity contribution in [2.24, 2.45) is 0 Å². The molecule has 4 rings (SSSR count). The van der Waals surface area contributed by atoms with Gasteiger partial charge in [-0.05, 0) is 66.9 Å². The second-order valence-corrected chi connectivity index (χ2v) is 8.11. The summed E-state index contributed by atoms with van der Waals surface area (Å²) in [6.45, 7) is 4.43. The van der Waals surface area contributed by atoms with E-state index in [0.717, 1.165) is 22.2 Å². The van der Waals surface area contributed by atoms with E-state index in [-0.39, 0.29) is 16.5 Å². The monoisotopic (exact) mass is 454 g/mol. The first-order valence-corrected chi connectivity index (χ1v) is 10.4. The summed E-state index contributed by atoms with van der Waals surface area (Å²) in [6.07, 6.45) is 0. The number of carbonyl (C=O) groups excluding carboxylic acids is 1. The minimum atomic E-state index is -0.324. The van der Waals surface area contributed by atoms with Gasteiger partial charge in [0.15, 0.2) is 5.58 Å². The van der Waals surface area contributed by atoms with E-state index < -0.39 is 0 Å². The molecule has 4 aromatic rings. The number of fused-ring (bicyclic) bond motifs is 1. The van der Waals surface area contributed by atoms with Gasteiger partial charge >= 0.3 is 0 Å². The molecule has 0 unspecified atom stereocenters. The van der Waals surface area contributed by atoms with E-state index >= 15 is 0 Å². The number of oxazole rings is 1. The Hall–Kier alpha value is -3.02. The van der Waals surface area contributed by atoms with Crippen molar-refractivity contribution in [3.63, 3.8) is 0 Å². The Morgan fingerprint density at radius 2 is 1.77 bits per heavy atom. The standard InChI is InChI=1S/C24H20Cl2N2O3/c1-13-8-20-21(9-14(13)2)31-24(28-20)16-6-4-15(5-7-16)12-27-23(29)18-10-17(25)11-19(26)22(18)30-3/h4-11H,12H2,1-3H3,(H,27,29). The highest BCUT2D eigenvalue weighted by atomic mass is 35.5. The second kappa shape index (κ2) is 8.61. The molecule has 0 bridgehead atoms. The second-order valence-electron chi connectivity index (χ2n) is 7.27. The topological polar surface area (TPSA) is 64.4 Å². The smallest absolute Gasteiger partial charge is 0.255 e. The zero-order chi connectivity index (χ0) is 22.1. The van der Waals surface area contributed by atoms with Crippen LogP contribution in [0.3, 0.4) is 0 Å². The highest BCUT2D eigenvalue weighted by molar-refractivity contribution is 6.36. The van der Waals surface area contributed by atoms with Gasteiger partial charge in [-0.2, -0.15) is 0 Å². The van der Waals surface area contributed by atoms with Crippen LogP contribution in [-0.2, 0) is 6.54 Å². The predicted molar refractivity (Wildman–Crippen MR) is 123 cm³/mol. The number of hydrogen-bond acceptors (Lipinski definition) is 4. The number of nitrogens with zero attached hydrogens (tertiary/aromatic N) is 1. The summed E-state index contributed by atoms with van der Waals surface area (Å²) in [7, 11) is 1.46. The maximum absolute atomic E-state index is 12.6. The average molecular weight is 455 g/mol. The zero-order valence-electron chi connectivity index (χ0n) is 17.3. The molecule has 158 valence electrons. The Morgan fingerprint density at radius 3 is 2.48 bits per heavy atom. The molecule has 7 heteroatoms. The minimum Gasteiger partial charge on any atom is -0.494 e. The normalized spacial score (nSPS) is 11.0. The molecule has 0 atom stereocenters. The zero-order valence-corrected chi connectivity index (χ0v) is 18.8. The van der Waals surface area contributed by atoms with E-state index in [1.54, 1.807) is 0 Å². The Morgan fingerprint density at radius 1 is 1.06 bits per heavy atom. The fraction of sp³-hybridized carbons (Fsp3) is 0.167. The van der Waals surface area contributed by atoms with Gasteiger partial charge in [-0.3, -0.25) is 4.79 Å². The molecule has 0 radical (unpaired) electrons. The number of aromatic nitrogens is 1. The van der Waals surface area contributed by atoms with Crippen LogP contribution in [0.5, 0.6) is 5.75 Å². The molecule has 1 N–H and O–H groups in total. The summed E-state index contributed by atoms with van der Waals surface area (Å²) in [5.74, 6) is 0.532. The summed E-state index contributed by atoms with van der Waals surface area (Å²) in [5, 5.41) is 3.51. The maximum Gasteiger partial charge on any atom is 0.255 e. The molecule has 0 saturated carbocycles. The average Bonchev–Trinajstić information content (AvgIpc) is 3.14. The van der Waals surface area contributed by atoms with Gasteiger partial charge in [-0.15, -0.1) is 0 Å². The Labute approximate surface area is 189 Å². The van der Waals surface area contributed by atoms with Crippen LogP contribution in [0.4, 0.5) is 0 Å². The Bertz CT molecular complexity index is 1240. The first-order valence-electron chi connectivity index (χ1n) is 9.64. The first-order chi connectivity index (χ1) is 14.9. The van der Waals surface area contributed by atoms with Crippen LogP contribution in [-0.4, -0.2) is 18.0 Å². The van der Waals surface area contributed by atoms with E-state index in [9.17, 15) is 4.79 Å². The minimum absolute atomic E-state index is 0.285. The van der Waals surface area contributed by atoms with Gasteiger partial charge in [0.2, 0.25) is 5.89 Å². The largest absolute Gasteiger partial charge is 0.494 e. The van der Waals surface area contributed by atoms with Gasteiger partial charge < -0.3 is 14.5 Å². The van der Waals surface area contributed by atoms with E-state index in [4.69, 9.17) is 32.4 Å². The van der Waals surface area contributed by atoms with Crippen molar-refractivity contribution in [1.29, 1.82) is 0 Å². The van der Waals surface area contributed by atoms with Crippen molar-refractivity contribution in [2.45, 2.75) is 20.4 Å². The number of aryl methyl sites for hydroxylation is 2. The summed E-state index contributed by atoms with van der Waals surface area (Å²) < 4.78 is 11.2. The van der Waals surface area contributed by atoms with Crippen molar-refractivity contribution >= 4 is 40.2 Å². The van der Waals surface area contributed by atoms with Crippen LogP contribution >= 0.6 is 23.2 Å². The number of hydrogen-bond donors (Lipinski definition) is 1. The molecule has 3 aromatic carbocycles. The summed E-state index contributed by atoms with van der Waals surface area (Å²) >= 11 is 12.1. The number of rotatable bonds is 5. The van der Waals surface area contributed by atoms with Crippen molar-refractivity contribution in [3.05, 3.63) is 80.8 Å². The van der Waals surface area contributed by atoms with E-state index in [2.05, 4.69) is 17.2 Å². The molecule has 31 heavy (non-hydrogen) atoms. The molecule has 1 heterocycles. The highest BCUT2D eigenvalue weighted by Crippen LogP contribution is 2.32. The van der Waals surface area contributed by atoms with Crippen LogP contribution < -0.4 is 10.1 Å². The van der Waals surface area contributed by atoms with Crippen molar-refractivity contribution < 1.29 is 13.9 Å². The molecule has 0 spiro atoms. The lowest BCUT2D eigenvalue weighted by Crippen LogP contribution is -2.23. The van der Waals surface area contributed by atoms with E-state index in [0.29, 0.717) is 23.2 Å². The van der Waals surface area contributed by atoms with Gasteiger partial charge in [-0.1, -0.05) is 35.3 Å². The van der Waals surface area contributed by atoms with Crippen LogP contribution in [0.25, 0.3) is 22.6 Å². The summed E-state index contributed by atoms with van der Waals surface area (Å²) in [4.78, 5) is 17.2. The SMILES string of the molecule is COc1c(Cl)cc(Cl)cc1C(=O)NCc1ccc(-c2nc3cc(C)c(C)cc3o2)cc1. The van der Waals surface area contributed by atoms with Crippen LogP contribution in [0.1, 0.15) is 27.0 Å². The molecular formula is C24H20Cl2N2O3. The predicted octanol–water partition coefficient (Wildman–Crippen LogP) is 6.36. The molecule has 0 saturated heterocycles. The molecule has 1 amide bonds. The van der Waals surface area contributed by atoms with Crippen LogP contribution in [0, 0.1) is 13.8 Å². The van der Waals surface area contributed by atoms with Gasteiger partial charge in [0.25, 0.3) is 5.91 Å². The Kier molecular flexibility index (Phi) is 5.90. The fourth-order valence-corrected chi connectivity index (χ4v) is 3.85.